The van der Waals surface area contributed by atoms with Crippen molar-refractivity contribution in [3.05, 3.63) is 57.5 Å². The predicted octanol–water partition coefficient (Wildman–Crippen LogP) is 2.69. The number of nitrogens with one attached hydrogen (secondary N) is 1. The fraction of sp³-hybridized carbons (Fsp3) is 0.167. The van der Waals surface area contributed by atoms with Crippen LogP contribution < -0.4 is 5.32 Å². The summed E-state index contributed by atoms with van der Waals surface area (Å²) >= 11 is 5.69. The molecule has 0 saturated carbocycles. The van der Waals surface area contributed by atoms with Crippen LogP contribution in [0.15, 0.2) is 36.7 Å². The number of nitrogens with zero attached hydrogens (tertiary/aromatic N) is 3. The maximum atomic E-state index is 10.9. The lowest BCUT2D eigenvalue weighted by atomic mass is 10.1. The van der Waals surface area contributed by atoms with E-state index >= 15 is 0 Å². The van der Waals surface area contributed by atoms with Crippen LogP contribution in [0.4, 0.5) is 11.5 Å². The highest BCUT2D eigenvalue weighted by Crippen LogP contribution is 2.27. The fourth-order valence-corrected chi connectivity index (χ4v) is 1.82. The molecule has 7 heteroatoms. The largest absolute Gasteiger partial charge is 0.364 e. The molecule has 2 rings (SSSR count). The number of aromatic nitrogens is 2. The van der Waals surface area contributed by atoms with Crippen molar-refractivity contribution in [1.29, 1.82) is 0 Å². The third-order valence-corrected chi connectivity index (χ3v) is 2.79. The van der Waals surface area contributed by atoms with Crippen LogP contribution in [0.5, 0.6) is 0 Å². The van der Waals surface area contributed by atoms with Gasteiger partial charge in [0.05, 0.1) is 4.92 Å². The molecule has 1 N–H and O–H groups in total. The molecule has 1 aromatic heterocycles. The van der Waals surface area contributed by atoms with Gasteiger partial charge in [-0.3, -0.25) is 10.1 Å². The Kier molecular flexibility index (Phi) is 4.25. The van der Waals surface area contributed by atoms with Gasteiger partial charge in [-0.2, -0.15) is 0 Å². The van der Waals surface area contributed by atoms with E-state index in [1.165, 1.54) is 6.33 Å². The first-order chi connectivity index (χ1) is 9.18. The van der Waals surface area contributed by atoms with Gasteiger partial charge in [0.1, 0.15) is 6.33 Å². The van der Waals surface area contributed by atoms with Gasteiger partial charge in [0.25, 0.3) is 0 Å². The summed E-state index contributed by atoms with van der Waals surface area (Å²) in [6.45, 7) is 0.526. The lowest BCUT2D eigenvalue weighted by molar-refractivity contribution is -0.384. The molecule has 0 amide bonds. The van der Waals surface area contributed by atoms with Gasteiger partial charge >= 0.3 is 5.69 Å². The summed E-state index contributed by atoms with van der Waals surface area (Å²) in [5, 5.41) is 13.6. The molecule has 0 atom stereocenters. The van der Waals surface area contributed by atoms with Crippen molar-refractivity contribution in [2.24, 2.45) is 0 Å². The van der Waals surface area contributed by atoms with Crippen LogP contribution in [0, 0.1) is 10.1 Å². The fourth-order valence-electron chi connectivity index (χ4n) is 1.62. The van der Waals surface area contributed by atoms with Crippen molar-refractivity contribution in [3.8, 4) is 0 Å². The van der Waals surface area contributed by atoms with Gasteiger partial charge < -0.3 is 5.32 Å². The Labute approximate surface area is 114 Å². The second-order valence-corrected chi connectivity index (χ2v) is 4.14. The third kappa shape index (κ3) is 3.38. The molecular weight excluding hydrogens is 268 g/mol. The smallest absolute Gasteiger partial charge is 0.348 e. The normalized spacial score (nSPS) is 10.2. The van der Waals surface area contributed by atoms with Gasteiger partial charge in [0.15, 0.2) is 0 Å². The summed E-state index contributed by atoms with van der Waals surface area (Å²) in [5.41, 5.74) is 0.843. The number of hydrogen-bond donors (Lipinski definition) is 1. The Bertz CT molecular complexity index is 577. The Balaban J connectivity index is 2.04. The zero-order valence-corrected chi connectivity index (χ0v) is 10.7. The first kappa shape index (κ1) is 13.2. The van der Waals surface area contributed by atoms with Gasteiger partial charge in [-0.05, 0) is 12.0 Å². The number of anilines is 1. The first-order valence-corrected chi connectivity index (χ1v) is 5.99. The molecule has 0 aliphatic rings. The van der Waals surface area contributed by atoms with Crippen molar-refractivity contribution < 1.29 is 4.92 Å². The summed E-state index contributed by atoms with van der Waals surface area (Å²) in [7, 11) is 0. The summed E-state index contributed by atoms with van der Waals surface area (Å²) in [5.74, 6) is 0.140. The summed E-state index contributed by atoms with van der Waals surface area (Å²) in [4.78, 5) is 17.7. The van der Waals surface area contributed by atoms with E-state index < -0.39 is 4.92 Å². The van der Waals surface area contributed by atoms with Crippen molar-refractivity contribution in [3.63, 3.8) is 0 Å². The second kappa shape index (κ2) is 6.10. The molecular formula is C12H11ClN4O2. The average Bonchev–Trinajstić information content (AvgIpc) is 2.39. The van der Waals surface area contributed by atoms with E-state index in [4.69, 9.17) is 11.6 Å². The molecule has 19 heavy (non-hydrogen) atoms. The minimum absolute atomic E-state index is 0.140. The van der Waals surface area contributed by atoms with Crippen molar-refractivity contribution in [1.82, 2.24) is 9.97 Å². The number of rotatable bonds is 5. The molecule has 0 spiro atoms. The number of benzene rings is 1. The Morgan fingerprint density at radius 2 is 2.00 bits per heavy atom. The standard InChI is InChI=1S/C12H11ClN4O2/c13-11-10(17(18)19)12(16-8-15-11)14-7-6-9-4-2-1-3-5-9/h1-5,8H,6-7H2,(H,14,15,16). The molecule has 1 aromatic carbocycles. The molecule has 0 aliphatic carbocycles. The number of nitro groups is 1. The molecule has 98 valence electrons. The zero-order chi connectivity index (χ0) is 13.7. The van der Waals surface area contributed by atoms with Crippen molar-refractivity contribution in [2.75, 3.05) is 11.9 Å². The van der Waals surface area contributed by atoms with E-state index in [9.17, 15) is 10.1 Å². The Morgan fingerprint density at radius 1 is 1.26 bits per heavy atom. The topological polar surface area (TPSA) is 81.0 Å². The van der Waals surface area contributed by atoms with E-state index in [2.05, 4.69) is 15.3 Å². The van der Waals surface area contributed by atoms with Crippen LogP contribution in [0.3, 0.4) is 0 Å². The molecule has 0 radical (unpaired) electrons. The van der Waals surface area contributed by atoms with E-state index in [0.717, 1.165) is 12.0 Å². The molecule has 0 fully saturated rings. The van der Waals surface area contributed by atoms with Crippen LogP contribution in [-0.4, -0.2) is 21.4 Å². The quantitative estimate of drug-likeness (QED) is 0.517. The van der Waals surface area contributed by atoms with Gasteiger partial charge in [-0.25, -0.2) is 9.97 Å². The highest BCUT2D eigenvalue weighted by Gasteiger charge is 2.20. The third-order valence-electron chi connectivity index (χ3n) is 2.51. The van der Waals surface area contributed by atoms with E-state index in [1.807, 2.05) is 30.3 Å². The van der Waals surface area contributed by atoms with E-state index in [1.54, 1.807) is 0 Å². The lowest BCUT2D eigenvalue weighted by Crippen LogP contribution is -2.09. The summed E-state index contributed by atoms with van der Waals surface area (Å²) < 4.78 is 0. The summed E-state index contributed by atoms with van der Waals surface area (Å²) in [6.07, 6.45) is 1.93. The second-order valence-electron chi connectivity index (χ2n) is 3.78. The lowest BCUT2D eigenvalue weighted by Gasteiger charge is -2.06. The highest BCUT2D eigenvalue weighted by atomic mass is 35.5. The van der Waals surface area contributed by atoms with Crippen LogP contribution in [-0.2, 0) is 6.42 Å². The maximum absolute atomic E-state index is 10.9. The molecule has 6 nitrogen and oxygen atoms in total. The van der Waals surface area contributed by atoms with Gasteiger partial charge in [-0.1, -0.05) is 41.9 Å². The molecule has 2 aromatic rings. The van der Waals surface area contributed by atoms with Crippen LogP contribution in [0.2, 0.25) is 5.15 Å². The van der Waals surface area contributed by atoms with Crippen LogP contribution in [0.1, 0.15) is 5.56 Å². The zero-order valence-electron chi connectivity index (χ0n) is 9.91. The molecule has 0 aliphatic heterocycles. The van der Waals surface area contributed by atoms with E-state index in [0.29, 0.717) is 6.54 Å². The predicted molar refractivity (Wildman–Crippen MR) is 72.3 cm³/mol. The monoisotopic (exact) mass is 278 g/mol. The first-order valence-electron chi connectivity index (χ1n) is 5.61. The molecule has 0 unspecified atom stereocenters. The van der Waals surface area contributed by atoms with E-state index in [-0.39, 0.29) is 16.7 Å². The van der Waals surface area contributed by atoms with Gasteiger partial charge in [0, 0.05) is 6.54 Å². The number of halogens is 1. The van der Waals surface area contributed by atoms with Gasteiger partial charge in [-0.15, -0.1) is 0 Å². The molecule has 1 heterocycles. The van der Waals surface area contributed by atoms with Crippen molar-refractivity contribution >= 4 is 23.1 Å². The highest BCUT2D eigenvalue weighted by molar-refractivity contribution is 6.31. The SMILES string of the molecule is O=[N+]([O-])c1c(Cl)ncnc1NCCc1ccccc1. The van der Waals surface area contributed by atoms with Crippen molar-refractivity contribution in [2.45, 2.75) is 6.42 Å². The molecule has 0 saturated heterocycles. The summed E-state index contributed by atoms with van der Waals surface area (Å²) in [6, 6.07) is 9.80. The maximum Gasteiger partial charge on any atom is 0.348 e. The minimum atomic E-state index is -0.590. The number of hydrogen-bond acceptors (Lipinski definition) is 5. The Hall–Kier alpha value is -2.21. The minimum Gasteiger partial charge on any atom is -0.364 e. The Morgan fingerprint density at radius 3 is 2.68 bits per heavy atom. The van der Waals surface area contributed by atoms with Gasteiger partial charge in [0.2, 0.25) is 11.0 Å². The van der Waals surface area contributed by atoms with Crippen LogP contribution in [0.25, 0.3) is 0 Å². The van der Waals surface area contributed by atoms with Crippen LogP contribution >= 0.6 is 11.6 Å². The molecule has 0 bridgehead atoms. The average molecular weight is 279 g/mol.